The Morgan fingerprint density at radius 3 is 2.17 bits per heavy atom. The predicted octanol–water partition coefficient (Wildman–Crippen LogP) is 5.35. The lowest BCUT2D eigenvalue weighted by Crippen LogP contribution is -2.26. The van der Waals surface area contributed by atoms with Gasteiger partial charge in [0.2, 0.25) is 0 Å². The zero-order valence-electron chi connectivity index (χ0n) is 16.6. The van der Waals surface area contributed by atoms with Crippen molar-refractivity contribution in [2.24, 2.45) is 0 Å². The smallest absolute Gasteiger partial charge is 0.220 e. The van der Waals surface area contributed by atoms with E-state index in [1.54, 1.807) is 24.3 Å². The zero-order chi connectivity index (χ0) is 21.0. The minimum atomic E-state index is -3.77. The Hall–Kier alpha value is -3.55. The number of nitrogens with zero attached hydrogens (tertiary/aromatic N) is 1. The first-order valence-electron chi connectivity index (χ1n) is 9.66. The van der Waals surface area contributed by atoms with Crippen LogP contribution in [0.15, 0.2) is 102 Å². The summed E-state index contributed by atoms with van der Waals surface area (Å²) < 4.78 is 27.8. The minimum absolute atomic E-state index is 0.178. The zero-order valence-corrected chi connectivity index (χ0v) is 17.4. The minimum Gasteiger partial charge on any atom is -0.220 e. The molecule has 0 amide bonds. The van der Waals surface area contributed by atoms with E-state index in [0.29, 0.717) is 0 Å². The van der Waals surface area contributed by atoms with Crippen LogP contribution in [-0.4, -0.2) is 12.7 Å². The first-order chi connectivity index (χ1) is 14.5. The molecule has 0 atom stereocenters. The predicted molar refractivity (Wildman–Crippen MR) is 121 cm³/mol. The third-order valence-corrected chi connectivity index (χ3v) is 6.52. The van der Waals surface area contributed by atoms with Gasteiger partial charge in [-0.15, -0.1) is 0 Å². The molecule has 0 fully saturated rings. The van der Waals surface area contributed by atoms with E-state index < -0.39 is 10.0 Å². The molecular formula is C26H21NO2S. The molecule has 0 saturated heterocycles. The Balaban J connectivity index is 1.73. The second-order valence-electron chi connectivity index (χ2n) is 7.11. The van der Waals surface area contributed by atoms with E-state index in [-0.39, 0.29) is 11.4 Å². The number of hydrogen-bond donors (Lipinski definition) is 0. The van der Waals surface area contributed by atoms with E-state index in [1.165, 1.54) is 4.31 Å². The molecule has 0 N–H and O–H groups in total. The molecule has 0 heterocycles. The van der Waals surface area contributed by atoms with Crippen LogP contribution in [0, 0.1) is 18.9 Å². The Kier molecular flexibility index (Phi) is 5.56. The number of fused-ring (bicyclic) bond motifs is 1. The van der Waals surface area contributed by atoms with E-state index in [9.17, 15) is 8.42 Å². The van der Waals surface area contributed by atoms with Gasteiger partial charge in [-0.1, -0.05) is 78.4 Å². The van der Waals surface area contributed by atoms with E-state index in [1.807, 2.05) is 79.7 Å². The maximum absolute atomic E-state index is 13.3. The van der Waals surface area contributed by atoms with Gasteiger partial charge in [-0.05, 0) is 53.4 Å². The van der Waals surface area contributed by atoms with Crippen molar-refractivity contribution in [2.45, 2.75) is 18.4 Å². The summed E-state index contributed by atoms with van der Waals surface area (Å²) in [6, 6.07) is 33.1. The Labute approximate surface area is 177 Å². The first-order valence-corrected chi connectivity index (χ1v) is 11.1. The highest BCUT2D eigenvalue weighted by Gasteiger charge is 2.22. The fourth-order valence-electron chi connectivity index (χ4n) is 3.17. The van der Waals surface area contributed by atoms with Gasteiger partial charge in [0.05, 0.1) is 11.4 Å². The molecule has 4 heteroatoms. The number of hydrogen-bond acceptors (Lipinski definition) is 2. The number of benzene rings is 4. The van der Waals surface area contributed by atoms with Crippen molar-refractivity contribution in [3.8, 4) is 12.0 Å². The number of sulfonamides is 1. The van der Waals surface area contributed by atoms with Crippen LogP contribution in [0.2, 0.25) is 0 Å². The maximum Gasteiger partial charge on any atom is 0.271 e. The van der Waals surface area contributed by atoms with Gasteiger partial charge in [-0.2, -0.15) is 0 Å². The summed E-state index contributed by atoms with van der Waals surface area (Å²) in [5, 5.41) is 2.19. The Morgan fingerprint density at radius 1 is 0.767 bits per heavy atom. The lowest BCUT2D eigenvalue weighted by atomic mass is 10.1. The summed E-state index contributed by atoms with van der Waals surface area (Å²) in [4.78, 5) is 0.233. The largest absolute Gasteiger partial charge is 0.271 e. The molecule has 148 valence electrons. The first kappa shape index (κ1) is 19.8. The van der Waals surface area contributed by atoms with Crippen LogP contribution in [-0.2, 0) is 16.6 Å². The molecule has 0 bridgehead atoms. The van der Waals surface area contributed by atoms with Crippen LogP contribution in [0.4, 0.5) is 0 Å². The molecule has 4 aromatic rings. The lowest BCUT2D eigenvalue weighted by molar-refractivity contribution is 0.508. The van der Waals surface area contributed by atoms with Gasteiger partial charge in [0.15, 0.2) is 0 Å². The molecule has 3 nitrogen and oxygen atoms in total. The van der Waals surface area contributed by atoms with Crippen molar-refractivity contribution in [3.63, 3.8) is 0 Å². The summed E-state index contributed by atoms with van der Waals surface area (Å²) in [6.45, 7) is 2.11. The summed E-state index contributed by atoms with van der Waals surface area (Å²) in [5.74, 6) is 3.04. The molecule has 0 aliphatic carbocycles. The molecule has 4 rings (SSSR count). The van der Waals surface area contributed by atoms with Crippen LogP contribution < -0.4 is 0 Å². The average Bonchev–Trinajstić information content (AvgIpc) is 2.77. The van der Waals surface area contributed by atoms with Crippen molar-refractivity contribution < 1.29 is 8.42 Å². The molecule has 0 aliphatic heterocycles. The summed E-state index contributed by atoms with van der Waals surface area (Å²) in [5.41, 5.74) is 2.65. The monoisotopic (exact) mass is 411 g/mol. The molecule has 30 heavy (non-hydrogen) atoms. The molecule has 4 aromatic carbocycles. The van der Waals surface area contributed by atoms with Crippen LogP contribution in [0.5, 0.6) is 0 Å². The normalized spacial score (nSPS) is 11.0. The van der Waals surface area contributed by atoms with Gasteiger partial charge in [-0.25, -0.2) is 12.7 Å². The molecule has 0 radical (unpaired) electrons. The third-order valence-electron chi connectivity index (χ3n) is 4.85. The van der Waals surface area contributed by atoms with E-state index in [0.717, 1.165) is 27.5 Å². The highest BCUT2D eigenvalue weighted by Crippen LogP contribution is 2.19. The van der Waals surface area contributed by atoms with E-state index >= 15 is 0 Å². The fraction of sp³-hybridized carbons (Fsp3) is 0.0769. The molecule has 0 saturated carbocycles. The van der Waals surface area contributed by atoms with Gasteiger partial charge >= 0.3 is 0 Å². The van der Waals surface area contributed by atoms with Gasteiger partial charge in [0.25, 0.3) is 10.0 Å². The van der Waals surface area contributed by atoms with Crippen molar-refractivity contribution in [2.75, 3.05) is 0 Å². The van der Waals surface area contributed by atoms with Crippen LogP contribution in [0.3, 0.4) is 0 Å². The molecule has 0 aliphatic rings. The second-order valence-corrected chi connectivity index (χ2v) is 8.97. The standard InChI is InChI=1S/C26H21NO2S/c1-21-11-15-26(16-12-21)30(28,29)27(20-23-7-3-2-4-8-23)18-17-22-13-14-24-9-5-6-10-25(24)19-22/h2-16,19H,20H2,1H3. The second kappa shape index (κ2) is 8.44. The van der Waals surface area contributed by atoms with Crippen molar-refractivity contribution in [1.82, 2.24) is 4.31 Å². The SMILES string of the molecule is Cc1ccc(S(=O)(=O)N(C#Cc2ccc3ccccc3c2)Cc2ccccc2)cc1. The lowest BCUT2D eigenvalue weighted by Gasteiger charge is -2.18. The molecule has 0 spiro atoms. The quantitative estimate of drug-likeness (QED) is 0.335. The average molecular weight is 412 g/mol. The van der Waals surface area contributed by atoms with E-state index in [4.69, 9.17) is 0 Å². The van der Waals surface area contributed by atoms with Gasteiger partial charge < -0.3 is 0 Å². The molecule has 0 unspecified atom stereocenters. The fourth-order valence-corrected chi connectivity index (χ4v) is 4.38. The summed E-state index contributed by atoms with van der Waals surface area (Å²) >= 11 is 0. The van der Waals surface area contributed by atoms with Crippen molar-refractivity contribution >= 4 is 20.8 Å². The third kappa shape index (κ3) is 4.37. The van der Waals surface area contributed by atoms with Gasteiger partial charge in [0, 0.05) is 11.6 Å². The van der Waals surface area contributed by atoms with Crippen molar-refractivity contribution in [3.05, 3.63) is 114 Å². The van der Waals surface area contributed by atoms with Crippen LogP contribution in [0.25, 0.3) is 10.8 Å². The summed E-state index contributed by atoms with van der Waals surface area (Å²) in [7, 11) is -3.77. The van der Waals surface area contributed by atoms with E-state index in [2.05, 4.69) is 12.0 Å². The number of rotatable bonds is 4. The van der Waals surface area contributed by atoms with Gasteiger partial charge in [0.1, 0.15) is 0 Å². The van der Waals surface area contributed by atoms with Crippen LogP contribution in [0.1, 0.15) is 16.7 Å². The molecule has 0 aromatic heterocycles. The highest BCUT2D eigenvalue weighted by molar-refractivity contribution is 7.89. The maximum atomic E-state index is 13.3. The van der Waals surface area contributed by atoms with Gasteiger partial charge in [-0.3, -0.25) is 0 Å². The van der Waals surface area contributed by atoms with Crippen molar-refractivity contribution in [1.29, 1.82) is 0 Å². The Morgan fingerprint density at radius 2 is 1.43 bits per heavy atom. The summed E-state index contributed by atoms with van der Waals surface area (Å²) in [6.07, 6.45) is 0. The topological polar surface area (TPSA) is 37.4 Å². The molecular weight excluding hydrogens is 390 g/mol. The number of aryl methyl sites for hydroxylation is 1. The van der Waals surface area contributed by atoms with Crippen LogP contribution >= 0.6 is 0 Å². The highest BCUT2D eigenvalue weighted by atomic mass is 32.2. The Bertz CT molecular complexity index is 1330.